The van der Waals surface area contributed by atoms with Gasteiger partial charge in [0.25, 0.3) is 0 Å². The van der Waals surface area contributed by atoms with Gasteiger partial charge >= 0.3 is 5.97 Å². The van der Waals surface area contributed by atoms with Crippen LogP contribution < -0.4 is 0 Å². The van der Waals surface area contributed by atoms with E-state index in [1.54, 1.807) is 6.92 Å². The lowest BCUT2D eigenvalue weighted by molar-refractivity contribution is -0.447. The van der Waals surface area contributed by atoms with Crippen molar-refractivity contribution < 1.29 is 24.9 Å². The first kappa shape index (κ1) is 16.3. The molecular weight excluding hydrogens is 320 g/mol. The number of hydrogen-bond donors (Lipinski definition) is 3. The average molecular weight is 348 g/mol. The van der Waals surface area contributed by atoms with Gasteiger partial charge < -0.3 is 20.1 Å². The van der Waals surface area contributed by atoms with E-state index in [1.807, 2.05) is 0 Å². The van der Waals surface area contributed by atoms with Crippen molar-refractivity contribution in [3.8, 4) is 0 Å². The molecule has 4 bridgehead atoms. The van der Waals surface area contributed by atoms with Gasteiger partial charge in [-0.25, -0.2) is 0 Å². The van der Waals surface area contributed by atoms with Gasteiger partial charge in [0.15, 0.2) is 5.79 Å². The van der Waals surface area contributed by atoms with Crippen LogP contribution in [0.2, 0.25) is 0 Å². The first-order valence-electron chi connectivity index (χ1n) is 9.67. The molecule has 6 fully saturated rings. The smallest absolute Gasteiger partial charge is 0.309 e. The number of aliphatic hydroxyl groups is 2. The largest absolute Gasteiger partial charge is 0.481 e. The quantitative estimate of drug-likeness (QED) is 0.633. The van der Waals surface area contributed by atoms with E-state index in [4.69, 9.17) is 4.74 Å². The molecule has 0 amide bonds. The fourth-order valence-electron chi connectivity index (χ4n) is 8.06. The van der Waals surface area contributed by atoms with E-state index >= 15 is 0 Å². The maximum absolute atomic E-state index is 12.2. The monoisotopic (exact) mass is 348 g/mol. The van der Waals surface area contributed by atoms with Crippen LogP contribution in [0.4, 0.5) is 0 Å². The summed E-state index contributed by atoms with van der Waals surface area (Å²) in [7, 11) is 0. The lowest BCUT2D eigenvalue weighted by Crippen LogP contribution is -2.80. The predicted octanol–water partition coefficient (Wildman–Crippen LogP) is 2.32. The van der Waals surface area contributed by atoms with Crippen molar-refractivity contribution in [2.45, 2.75) is 63.8 Å². The SMILES string of the molecule is C=C1C[C@]23C[C@H]1CC[C@H]2[C@]12CCC[C@@](C)(C(=O)O)[C@H]1[C@H](O)[C@@]3(O)OC2. The molecule has 0 unspecified atom stereocenters. The van der Waals surface area contributed by atoms with E-state index in [-0.39, 0.29) is 11.3 Å². The Hall–Kier alpha value is -0.910. The standard InChI is InChI=1S/C20H28O5/c1-11-8-19-9-12(11)4-5-13(19)18-7-3-6-17(2,16(22)23)14(18)15(21)20(19,24)25-10-18/h12-15,21,24H,1,3-10H2,2H3,(H,22,23)/t12-,13+,14-,15+,17-,18-,19+,20-/m1/s1. The second-order valence-electron chi connectivity index (χ2n) is 9.74. The van der Waals surface area contributed by atoms with Crippen LogP contribution in [-0.2, 0) is 9.53 Å². The molecule has 0 aromatic rings. The van der Waals surface area contributed by atoms with Crippen molar-refractivity contribution in [3.63, 3.8) is 0 Å². The summed E-state index contributed by atoms with van der Waals surface area (Å²) in [6.45, 7) is 6.38. The molecule has 3 N–H and O–H groups in total. The van der Waals surface area contributed by atoms with E-state index < -0.39 is 34.6 Å². The Morgan fingerprint density at radius 1 is 1.32 bits per heavy atom. The Morgan fingerprint density at radius 3 is 2.80 bits per heavy atom. The summed E-state index contributed by atoms with van der Waals surface area (Å²) < 4.78 is 6.02. The van der Waals surface area contributed by atoms with E-state index in [2.05, 4.69) is 6.58 Å². The highest BCUT2D eigenvalue weighted by Gasteiger charge is 2.81. The third-order valence-electron chi connectivity index (χ3n) is 9.02. The lowest BCUT2D eigenvalue weighted by Gasteiger charge is -2.73. The van der Waals surface area contributed by atoms with E-state index in [1.165, 1.54) is 5.57 Å². The number of fused-ring (bicyclic) bond motifs is 2. The molecule has 4 aliphatic carbocycles. The van der Waals surface area contributed by atoms with Crippen molar-refractivity contribution >= 4 is 5.97 Å². The van der Waals surface area contributed by atoms with Gasteiger partial charge in [0.1, 0.15) is 6.10 Å². The Morgan fingerprint density at radius 2 is 2.08 bits per heavy atom. The van der Waals surface area contributed by atoms with E-state index in [0.29, 0.717) is 25.4 Å². The highest BCUT2D eigenvalue weighted by atomic mass is 16.6. The predicted molar refractivity (Wildman–Crippen MR) is 89.4 cm³/mol. The van der Waals surface area contributed by atoms with Gasteiger partial charge in [-0.15, -0.1) is 0 Å². The Bertz CT molecular complexity index is 675. The van der Waals surface area contributed by atoms with Crippen LogP contribution >= 0.6 is 0 Å². The minimum absolute atomic E-state index is 0.210. The van der Waals surface area contributed by atoms with Crippen molar-refractivity contribution in [1.82, 2.24) is 0 Å². The number of rotatable bonds is 1. The van der Waals surface area contributed by atoms with Gasteiger partial charge in [-0.1, -0.05) is 18.6 Å². The van der Waals surface area contributed by atoms with Gasteiger partial charge in [0.2, 0.25) is 0 Å². The highest BCUT2D eigenvalue weighted by Crippen LogP contribution is 2.77. The third-order valence-corrected chi connectivity index (χ3v) is 9.02. The number of allylic oxidation sites excluding steroid dienone is 1. The van der Waals surface area contributed by atoms with Crippen LogP contribution in [0.15, 0.2) is 12.2 Å². The molecule has 2 aliphatic heterocycles. The molecule has 0 aromatic heterocycles. The maximum Gasteiger partial charge on any atom is 0.309 e. The fraction of sp³-hybridized carbons (Fsp3) is 0.850. The Balaban J connectivity index is 1.72. The number of hydrogen-bond acceptors (Lipinski definition) is 4. The van der Waals surface area contributed by atoms with Crippen LogP contribution in [0.3, 0.4) is 0 Å². The molecule has 0 radical (unpaired) electrons. The first-order valence-corrected chi connectivity index (χ1v) is 9.67. The van der Waals surface area contributed by atoms with Crippen molar-refractivity contribution in [2.24, 2.45) is 34.0 Å². The molecule has 25 heavy (non-hydrogen) atoms. The number of carbonyl (C=O) groups is 1. The number of carboxylic acid groups (broad SMARTS) is 1. The normalized spacial score (nSPS) is 59.4. The van der Waals surface area contributed by atoms with E-state index in [9.17, 15) is 20.1 Å². The summed E-state index contributed by atoms with van der Waals surface area (Å²) in [5.74, 6) is -2.34. The van der Waals surface area contributed by atoms with Crippen LogP contribution in [0.5, 0.6) is 0 Å². The molecule has 2 heterocycles. The van der Waals surface area contributed by atoms with Crippen LogP contribution in [0, 0.1) is 34.0 Å². The van der Waals surface area contributed by atoms with Crippen molar-refractivity contribution in [2.75, 3.05) is 6.61 Å². The number of aliphatic carboxylic acids is 1. The topological polar surface area (TPSA) is 87.0 Å². The average Bonchev–Trinajstić information content (AvgIpc) is 2.81. The second-order valence-corrected chi connectivity index (χ2v) is 9.74. The Kier molecular flexibility index (Phi) is 2.92. The zero-order valence-electron chi connectivity index (χ0n) is 14.8. The summed E-state index contributed by atoms with van der Waals surface area (Å²) in [4.78, 5) is 12.2. The molecule has 5 nitrogen and oxygen atoms in total. The number of carboxylic acids is 1. The molecular formula is C20H28O5. The maximum atomic E-state index is 12.2. The van der Waals surface area contributed by atoms with Crippen LogP contribution in [0.25, 0.3) is 0 Å². The summed E-state index contributed by atoms with van der Waals surface area (Å²) in [5.41, 5.74) is -0.671. The molecule has 4 saturated carbocycles. The lowest BCUT2D eigenvalue weighted by atomic mass is 9.36. The number of ether oxygens (including phenoxy) is 1. The van der Waals surface area contributed by atoms with Gasteiger partial charge in [-0.2, -0.15) is 0 Å². The van der Waals surface area contributed by atoms with Crippen LogP contribution in [0.1, 0.15) is 51.9 Å². The minimum Gasteiger partial charge on any atom is -0.481 e. The van der Waals surface area contributed by atoms with Crippen molar-refractivity contribution in [3.05, 3.63) is 12.2 Å². The van der Waals surface area contributed by atoms with Gasteiger partial charge in [-0.05, 0) is 57.3 Å². The van der Waals surface area contributed by atoms with Crippen LogP contribution in [-0.4, -0.2) is 39.8 Å². The molecule has 8 atom stereocenters. The van der Waals surface area contributed by atoms with Gasteiger partial charge in [0.05, 0.1) is 12.0 Å². The summed E-state index contributed by atoms with van der Waals surface area (Å²) in [5, 5.41) is 32.9. The molecule has 6 aliphatic rings. The zero-order chi connectivity index (χ0) is 17.8. The molecule has 138 valence electrons. The fourth-order valence-corrected chi connectivity index (χ4v) is 8.06. The molecule has 0 aromatic carbocycles. The Labute approximate surface area is 148 Å². The minimum atomic E-state index is -1.64. The molecule has 2 spiro atoms. The number of aliphatic hydroxyl groups excluding tert-OH is 1. The van der Waals surface area contributed by atoms with E-state index in [0.717, 1.165) is 32.1 Å². The van der Waals surface area contributed by atoms with Gasteiger partial charge in [-0.3, -0.25) is 4.79 Å². The third kappa shape index (κ3) is 1.52. The molecule has 6 rings (SSSR count). The second kappa shape index (κ2) is 4.49. The summed E-state index contributed by atoms with van der Waals surface area (Å²) >= 11 is 0. The summed E-state index contributed by atoms with van der Waals surface area (Å²) in [6, 6.07) is 0. The first-order chi connectivity index (χ1) is 11.7. The molecule has 2 saturated heterocycles. The van der Waals surface area contributed by atoms with Gasteiger partial charge in [0, 0.05) is 16.7 Å². The highest BCUT2D eigenvalue weighted by molar-refractivity contribution is 5.75. The summed E-state index contributed by atoms with van der Waals surface area (Å²) in [6.07, 6.45) is 4.70. The molecule has 5 heteroatoms. The van der Waals surface area contributed by atoms with Crippen molar-refractivity contribution in [1.29, 1.82) is 0 Å². The zero-order valence-corrected chi connectivity index (χ0v) is 14.8.